The lowest BCUT2D eigenvalue weighted by molar-refractivity contribution is -0.127. The predicted octanol–water partition coefficient (Wildman–Crippen LogP) is 1.74. The molecule has 0 aliphatic carbocycles. The summed E-state index contributed by atoms with van der Waals surface area (Å²) in [7, 11) is 0. The monoisotopic (exact) mass is 269 g/mol. The van der Waals surface area contributed by atoms with Crippen LogP contribution in [0.25, 0.3) is 0 Å². The Morgan fingerprint density at radius 1 is 1.26 bits per heavy atom. The summed E-state index contributed by atoms with van der Waals surface area (Å²) in [6.45, 7) is 10.3. The molecule has 0 saturated carbocycles. The van der Waals surface area contributed by atoms with Gasteiger partial charge < -0.3 is 11.1 Å². The van der Waals surface area contributed by atoms with Gasteiger partial charge in [-0.15, -0.1) is 0 Å². The van der Waals surface area contributed by atoms with Gasteiger partial charge in [0.1, 0.15) is 0 Å². The molecule has 4 heteroatoms. The van der Waals surface area contributed by atoms with E-state index in [0.717, 1.165) is 38.8 Å². The van der Waals surface area contributed by atoms with E-state index < -0.39 is 0 Å². The summed E-state index contributed by atoms with van der Waals surface area (Å²) >= 11 is 0. The number of likely N-dealkylation sites (tertiary alicyclic amines) is 1. The molecule has 1 aliphatic heterocycles. The number of carbonyl (C=O) groups is 1. The van der Waals surface area contributed by atoms with E-state index in [0.29, 0.717) is 12.0 Å². The minimum absolute atomic E-state index is 0.0189. The number of hydrogen-bond acceptors (Lipinski definition) is 3. The average Bonchev–Trinajstić information content (AvgIpc) is 2.43. The molecular formula is C15H31N3O. The van der Waals surface area contributed by atoms with Crippen molar-refractivity contribution in [3.8, 4) is 0 Å². The third kappa shape index (κ3) is 4.77. The van der Waals surface area contributed by atoms with Gasteiger partial charge in [-0.25, -0.2) is 0 Å². The third-order valence-electron chi connectivity index (χ3n) is 4.58. The van der Waals surface area contributed by atoms with Crippen LogP contribution in [0.1, 0.15) is 53.4 Å². The van der Waals surface area contributed by atoms with Gasteiger partial charge in [0.15, 0.2) is 0 Å². The highest BCUT2D eigenvalue weighted by Gasteiger charge is 2.28. The molecule has 0 bridgehead atoms. The van der Waals surface area contributed by atoms with Crippen LogP contribution < -0.4 is 11.1 Å². The Morgan fingerprint density at radius 3 is 2.21 bits per heavy atom. The molecule has 1 aliphatic rings. The van der Waals surface area contributed by atoms with Gasteiger partial charge in [0.25, 0.3) is 0 Å². The molecule has 0 radical (unpaired) electrons. The average molecular weight is 269 g/mol. The molecule has 0 spiro atoms. The molecule has 0 aromatic rings. The molecule has 0 aromatic carbocycles. The van der Waals surface area contributed by atoms with Crippen molar-refractivity contribution < 1.29 is 4.79 Å². The highest BCUT2D eigenvalue weighted by molar-refractivity contribution is 5.81. The van der Waals surface area contributed by atoms with Gasteiger partial charge in [-0.1, -0.05) is 13.8 Å². The topological polar surface area (TPSA) is 58.4 Å². The van der Waals surface area contributed by atoms with Crippen LogP contribution in [0.2, 0.25) is 0 Å². The van der Waals surface area contributed by atoms with Crippen LogP contribution >= 0.6 is 0 Å². The first kappa shape index (κ1) is 16.4. The number of carbonyl (C=O) groups excluding carboxylic acids is 1. The largest absolute Gasteiger partial charge is 0.352 e. The van der Waals surface area contributed by atoms with Gasteiger partial charge in [-0.2, -0.15) is 0 Å². The van der Waals surface area contributed by atoms with Crippen LogP contribution in [0.15, 0.2) is 0 Å². The van der Waals surface area contributed by atoms with Crippen LogP contribution in [0.4, 0.5) is 0 Å². The first-order valence-electron chi connectivity index (χ1n) is 7.79. The second kappa shape index (κ2) is 7.85. The molecule has 0 aromatic heterocycles. The van der Waals surface area contributed by atoms with Crippen LogP contribution in [0.5, 0.6) is 0 Å². The molecule has 3 N–H and O–H groups in total. The van der Waals surface area contributed by atoms with Gasteiger partial charge in [-0.3, -0.25) is 9.69 Å². The molecular weight excluding hydrogens is 238 g/mol. The Balaban J connectivity index is 2.41. The Labute approximate surface area is 118 Å². The summed E-state index contributed by atoms with van der Waals surface area (Å²) in [4.78, 5) is 14.5. The Morgan fingerprint density at radius 2 is 1.79 bits per heavy atom. The lowest BCUT2D eigenvalue weighted by Crippen LogP contribution is -2.51. The van der Waals surface area contributed by atoms with Crippen molar-refractivity contribution in [2.75, 3.05) is 13.1 Å². The Bertz CT molecular complexity index is 269. The highest BCUT2D eigenvalue weighted by Crippen LogP contribution is 2.21. The number of rotatable bonds is 6. The lowest BCUT2D eigenvalue weighted by atomic mass is 9.90. The fourth-order valence-electron chi connectivity index (χ4n) is 2.81. The van der Waals surface area contributed by atoms with E-state index in [4.69, 9.17) is 5.73 Å². The maximum Gasteiger partial charge on any atom is 0.237 e. The molecule has 4 nitrogen and oxygen atoms in total. The number of nitrogens with two attached hydrogens (primary N) is 1. The van der Waals surface area contributed by atoms with Gasteiger partial charge in [0.05, 0.1) is 6.04 Å². The maximum absolute atomic E-state index is 12.2. The van der Waals surface area contributed by atoms with Crippen molar-refractivity contribution >= 4 is 5.91 Å². The van der Waals surface area contributed by atoms with Crippen LogP contribution in [0.3, 0.4) is 0 Å². The summed E-state index contributed by atoms with van der Waals surface area (Å²) in [5.41, 5.74) is 5.95. The van der Waals surface area contributed by atoms with Crippen molar-refractivity contribution in [3.05, 3.63) is 0 Å². The fraction of sp³-hybridized carbons (Fsp3) is 0.933. The molecule has 1 saturated heterocycles. The van der Waals surface area contributed by atoms with Crippen molar-refractivity contribution in [1.29, 1.82) is 0 Å². The molecule has 112 valence electrons. The summed E-state index contributed by atoms with van der Waals surface area (Å²) < 4.78 is 0. The van der Waals surface area contributed by atoms with Crippen LogP contribution in [-0.4, -0.2) is 42.0 Å². The number of hydrogen-bond donors (Lipinski definition) is 2. The van der Waals surface area contributed by atoms with Gasteiger partial charge in [-0.05, 0) is 58.5 Å². The van der Waals surface area contributed by atoms with Crippen LogP contribution in [-0.2, 0) is 4.79 Å². The first-order chi connectivity index (χ1) is 8.99. The number of piperidine rings is 1. The number of nitrogens with zero attached hydrogens (tertiary/aromatic N) is 1. The highest BCUT2D eigenvalue weighted by atomic mass is 16.2. The normalized spacial score (nSPS) is 21.4. The standard InChI is InChI=1S/C15H31N3O/c1-5-14(6-2)17-15(19)12(4)18-9-7-13(8-10-18)11(3)16/h11-14H,5-10,16H2,1-4H3,(H,17,19). The zero-order chi connectivity index (χ0) is 14.4. The molecule has 1 rings (SSSR count). The van der Waals surface area contributed by atoms with Crippen molar-refractivity contribution in [2.45, 2.75) is 71.5 Å². The van der Waals surface area contributed by atoms with Gasteiger partial charge in [0, 0.05) is 12.1 Å². The van der Waals surface area contributed by atoms with E-state index in [1.165, 1.54) is 0 Å². The van der Waals surface area contributed by atoms with E-state index in [-0.39, 0.29) is 18.0 Å². The molecule has 19 heavy (non-hydrogen) atoms. The summed E-state index contributed by atoms with van der Waals surface area (Å²) in [6, 6.07) is 0.571. The summed E-state index contributed by atoms with van der Waals surface area (Å²) in [6.07, 6.45) is 4.23. The zero-order valence-corrected chi connectivity index (χ0v) is 13.0. The van der Waals surface area contributed by atoms with Crippen molar-refractivity contribution in [2.24, 2.45) is 11.7 Å². The van der Waals surface area contributed by atoms with Crippen molar-refractivity contribution in [1.82, 2.24) is 10.2 Å². The smallest absolute Gasteiger partial charge is 0.237 e. The van der Waals surface area contributed by atoms with Gasteiger partial charge in [0.2, 0.25) is 5.91 Å². The van der Waals surface area contributed by atoms with E-state index in [9.17, 15) is 4.79 Å². The molecule has 1 heterocycles. The fourth-order valence-corrected chi connectivity index (χ4v) is 2.81. The van der Waals surface area contributed by atoms with E-state index in [1.54, 1.807) is 0 Å². The lowest BCUT2D eigenvalue weighted by Gasteiger charge is -2.37. The zero-order valence-electron chi connectivity index (χ0n) is 13.0. The minimum atomic E-state index is -0.0189. The summed E-state index contributed by atoms with van der Waals surface area (Å²) in [5.74, 6) is 0.790. The van der Waals surface area contributed by atoms with E-state index in [1.807, 2.05) is 6.92 Å². The van der Waals surface area contributed by atoms with E-state index >= 15 is 0 Å². The Hall–Kier alpha value is -0.610. The number of nitrogens with one attached hydrogen (secondary N) is 1. The first-order valence-corrected chi connectivity index (χ1v) is 7.79. The third-order valence-corrected chi connectivity index (χ3v) is 4.58. The summed E-state index contributed by atoms with van der Waals surface area (Å²) in [5, 5.41) is 3.14. The van der Waals surface area contributed by atoms with Gasteiger partial charge >= 0.3 is 0 Å². The molecule has 2 atom stereocenters. The SMILES string of the molecule is CCC(CC)NC(=O)C(C)N1CCC(C(C)N)CC1. The minimum Gasteiger partial charge on any atom is -0.352 e. The molecule has 1 fully saturated rings. The second-order valence-electron chi connectivity index (χ2n) is 5.93. The molecule has 2 unspecified atom stereocenters. The van der Waals surface area contributed by atoms with Crippen molar-refractivity contribution in [3.63, 3.8) is 0 Å². The van der Waals surface area contributed by atoms with E-state index in [2.05, 4.69) is 31.0 Å². The Kier molecular flexibility index (Phi) is 6.80. The second-order valence-corrected chi connectivity index (χ2v) is 5.93. The van der Waals surface area contributed by atoms with Crippen LogP contribution in [0, 0.1) is 5.92 Å². The molecule has 1 amide bonds. The quantitative estimate of drug-likeness (QED) is 0.772. The maximum atomic E-state index is 12.2. The predicted molar refractivity (Wildman–Crippen MR) is 79.9 cm³/mol. The number of amides is 1.